The van der Waals surface area contributed by atoms with Crippen LogP contribution in [-0.2, 0) is 0 Å². The fraction of sp³-hybridized carbons (Fsp3) is 0.700. The lowest BCUT2D eigenvalue weighted by atomic mass is 10.1. The van der Waals surface area contributed by atoms with Gasteiger partial charge in [-0.25, -0.2) is 0 Å². The first-order chi connectivity index (χ1) is 7.56. The van der Waals surface area contributed by atoms with E-state index < -0.39 is 0 Å². The quantitative estimate of drug-likeness (QED) is 0.828. The van der Waals surface area contributed by atoms with Gasteiger partial charge in [-0.05, 0) is 23.4 Å². The van der Waals surface area contributed by atoms with Crippen LogP contribution in [0.4, 0.5) is 0 Å². The summed E-state index contributed by atoms with van der Waals surface area (Å²) in [5.74, 6) is 0.924. The fourth-order valence-electron chi connectivity index (χ4n) is 1.13. The Morgan fingerprint density at radius 3 is 2.75 bits per heavy atom. The number of hydrogen-bond acceptors (Lipinski definition) is 4. The molecule has 0 aromatic carbocycles. The van der Waals surface area contributed by atoms with Gasteiger partial charge < -0.3 is 5.32 Å². The molecule has 0 saturated heterocycles. The van der Waals surface area contributed by atoms with E-state index in [2.05, 4.69) is 14.9 Å². The summed E-state index contributed by atoms with van der Waals surface area (Å²) in [5.41, 5.74) is 0.765. The van der Waals surface area contributed by atoms with Crippen molar-refractivity contribution in [3.05, 3.63) is 10.6 Å². The molecule has 1 amide bonds. The van der Waals surface area contributed by atoms with Crippen LogP contribution in [0.25, 0.3) is 0 Å². The molecule has 1 heterocycles. The minimum Gasteiger partial charge on any atom is -0.351 e. The SMILES string of the molecule is CC(CCl)CNC(=O)c1snnc1C(C)C. The fourth-order valence-corrected chi connectivity index (χ4v) is 1.98. The molecule has 1 atom stereocenters. The summed E-state index contributed by atoms with van der Waals surface area (Å²) in [4.78, 5) is 12.4. The van der Waals surface area contributed by atoms with Crippen molar-refractivity contribution in [3.63, 3.8) is 0 Å². The number of hydrogen-bond donors (Lipinski definition) is 1. The van der Waals surface area contributed by atoms with Gasteiger partial charge in [0, 0.05) is 12.4 Å². The molecule has 90 valence electrons. The van der Waals surface area contributed by atoms with E-state index in [1.807, 2.05) is 20.8 Å². The van der Waals surface area contributed by atoms with Crippen LogP contribution in [0.5, 0.6) is 0 Å². The standard InChI is InChI=1S/C10H16ClN3OS/c1-6(2)8-9(16-14-13-8)10(15)12-5-7(3)4-11/h6-7H,4-5H2,1-3H3,(H,12,15). The molecule has 0 bridgehead atoms. The molecule has 1 N–H and O–H groups in total. The molecule has 4 nitrogen and oxygen atoms in total. The Morgan fingerprint density at radius 2 is 2.19 bits per heavy atom. The first-order valence-electron chi connectivity index (χ1n) is 5.22. The molecule has 1 rings (SSSR count). The molecule has 0 fully saturated rings. The summed E-state index contributed by atoms with van der Waals surface area (Å²) in [6.45, 7) is 6.56. The van der Waals surface area contributed by atoms with Crippen molar-refractivity contribution >= 4 is 29.0 Å². The number of carbonyl (C=O) groups excluding carboxylic acids is 1. The highest BCUT2D eigenvalue weighted by Gasteiger charge is 2.18. The lowest BCUT2D eigenvalue weighted by Crippen LogP contribution is -2.29. The van der Waals surface area contributed by atoms with Crippen LogP contribution in [0.3, 0.4) is 0 Å². The number of nitrogens with zero attached hydrogens (tertiary/aromatic N) is 2. The third-order valence-electron chi connectivity index (χ3n) is 2.14. The second-order valence-corrected chi connectivity index (χ2v) is 5.17. The van der Waals surface area contributed by atoms with Gasteiger partial charge in [0.25, 0.3) is 5.91 Å². The first kappa shape index (κ1) is 13.4. The van der Waals surface area contributed by atoms with Gasteiger partial charge in [0.15, 0.2) is 0 Å². The molecule has 1 unspecified atom stereocenters. The summed E-state index contributed by atoms with van der Waals surface area (Å²) in [6, 6.07) is 0. The Balaban J connectivity index is 2.62. The van der Waals surface area contributed by atoms with Crippen LogP contribution in [0.15, 0.2) is 0 Å². The number of halogens is 1. The molecule has 1 aromatic rings. The van der Waals surface area contributed by atoms with E-state index in [9.17, 15) is 4.79 Å². The molecule has 0 aliphatic carbocycles. The molecule has 16 heavy (non-hydrogen) atoms. The number of aromatic nitrogens is 2. The Hall–Kier alpha value is -0.680. The Morgan fingerprint density at radius 1 is 1.50 bits per heavy atom. The van der Waals surface area contributed by atoms with Crippen LogP contribution in [0, 0.1) is 5.92 Å². The lowest BCUT2D eigenvalue weighted by Gasteiger charge is -2.09. The first-order valence-corrected chi connectivity index (χ1v) is 6.53. The van der Waals surface area contributed by atoms with Crippen LogP contribution >= 0.6 is 23.1 Å². The van der Waals surface area contributed by atoms with E-state index in [0.717, 1.165) is 17.2 Å². The summed E-state index contributed by atoms with van der Waals surface area (Å²) >= 11 is 6.81. The number of carbonyl (C=O) groups is 1. The maximum absolute atomic E-state index is 11.8. The van der Waals surface area contributed by atoms with Crippen molar-refractivity contribution in [3.8, 4) is 0 Å². The number of alkyl halides is 1. The second-order valence-electron chi connectivity index (χ2n) is 4.11. The zero-order valence-corrected chi connectivity index (χ0v) is 11.2. The maximum atomic E-state index is 11.8. The molecule has 0 aliphatic rings. The van der Waals surface area contributed by atoms with Gasteiger partial charge in [-0.15, -0.1) is 16.7 Å². The average Bonchev–Trinajstić information content (AvgIpc) is 2.74. The number of rotatable bonds is 5. The van der Waals surface area contributed by atoms with E-state index in [1.165, 1.54) is 0 Å². The third-order valence-corrected chi connectivity index (χ3v) is 3.41. The van der Waals surface area contributed by atoms with E-state index >= 15 is 0 Å². The smallest absolute Gasteiger partial charge is 0.264 e. The second kappa shape index (κ2) is 6.15. The largest absolute Gasteiger partial charge is 0.351 e. The monoisotopic (exact) mass is 261 g/mol. The van der Waals surface area contributed by atoms with Gasteiger partial charge in [-0.3, -0.25) is 4.79 Å². The van der Waals surface area contributed by atoms with Crippen LogP contribution in [0.2, 0.25) is 0 Å². The molecule has 0 spiro atoms. The van der Waals surface area contributed by atoms with Crippen molar-refractivity contribution in [2.75, 3.05) is 12.4 Å². The van der Waals surface area contributed by atoms with Crippen molar-refractivity contribution < 1.29 is 4.79 Å². The zero-order chi connectivity index (χ0) is 12.1. The van der Waals surface area contributed by atoms with Gasteiger partial charge in [-0.1, -0.05) is 25.3 Å². The van der Waals surface area contributed by atoms with Crippen LogP contribution in [-0.4, -0.2) is 27.9 Å². The van der Waals surface area contributed by atoms with Gasteiger partial charge in [0.2, 0.25) is 0 Å². The summed E-state index contributed by atoms with van der Waals surface area (Å²) in [7, 11) is 0. The molecule has 6 heteroatoms. The van der Waals surface area contributed by atoms with Crippen molar-refractivity contribution in [2.45, 2.75) is 26.7 Å². The van der Waals surface area contributed by atoms with Gasteiger partial charge >= 0.3 is 0 Å². The molecule has 1 aromatic heterocycles. The average molecular weight is 262 g/mol. The molecule has 0 radical (unpaired) electrons. The van der Waals surface area contributed by atoms with E-state index in [4.69, 9.17) is 11.6 Å². The van der Waals surface area contributed by atoms with Gasteiger partial charge in [-0.2, -0.15) is 0 Å². The predicted molar refractivity (Wildman–Crippen MR) is 66.2 cm³/mol. The van der Waals surface area contributed by atoms with Gasteiger partial charge in [0.1, 0.15) is 4.88 Å². The molecular weight excluding hydrogens is 246 g/mol. The van der Waals surface area contributed by atoms with Crippen LogP contribution in [0.1, 0.15) is 42.1 Å². The third kappa shape index (κ3) is 3.42. The van der Waals surface area contributed by atoms with E-state index in [-0.39, 0.29) is 17.7 Å². The minimum atomic E-state index is -0.101. The minimum absolute atomic E-state index is 0.101. The van der Waals surface area contributed by atoms with E-state index in [0.29, 0.717) is 17.3 Å². The van der Waals surface area contributed by atoms with Crippen molar-refractivity contribution in [1.29, 1.82) is 0 Å². The highest BCUT2D eigenvalue weighted by Crippen LogP contribution is 2.19. The number of amides is 1. The van der Waals surface area contributed by atoms with E-state index in [1.54, 1.807) is 0 Å². The summed E-state index contributed by atoms with van der Waals surface area (Å²) < 4.78 is 3.82. The van der Waals surface area contributed by atoms with Gasteiger partial charge in [0.05, 0.1) is 5.69 Å². The highest BCUT2D eigenvalue weighted by molar-refractivity contribution is 7.08. The highest BCUT2D eigenvalue weighted by atomic mass is 35.5. The topological polar surface area (TPSA) is 54.9 Å². The Bertz CT molecular complexity index is 354. The molecular formula is C10H16ClN3OS. The predicted octanol–water partition coefficient (Wildman–Crippen LogP) is 2.27. The Labute approximate surface area is 105 Å². The number of nitrogens with one attached hydrogen (secondary N) is 1. The van der Waals surface area contributed by atoms with Crippen LogP contribution < -0.4 is 5.32 Å². The Kier molecular flexibility index (Phi) is 5.15. The molecule has 0 aliphatic heterocycles. The zero-order valence-electron chi connectivity index (χ0n) is 9.66. The van der Waals surface area contributed by atoms with Crippen molar-refractivity contribution in [2.24, 2.45) is 5.92 Å². The lowest BCUT2D eigenvalue weighted by molar-refractivity contribution is 0.0952. The van der Waals surface area contributed by atoms with Crippen molar-refractivity contribution in [1.82, 2.24) is 14.9 Å². The summed E-state index contributed by atoms with van der Waals surface area (Å²) in [6.07, 6.45) is 0. The summed E-state index contributed by atoms with van der Waals surface area (Å²) in [5, 5.41) is 6.80. The molecule has 0 saturated carbocycles. The maximum Gasteiger partial charge on any atom is 0.264 e. The normalized spacial score (nSPS) is 12.8.